The van der Waals surface area contributed by atoms with E-state index in [0.717, 1.165) is 16.9 Å². The first-order valence-electron chi connectivity index (χ1n) is 5.98. The highest BCUT2D eigenvalue weighted by Crippen LogP contribution is 2.27. The molecule has 0 aliphatic rings. The van der Waals surface area contributed by atoms with Gasteiger partial charge in [0.05, 0.1) is 6.21 Å². The molecule has 100 valence electrons. The molecule has 0 atom stereocenters. The third-order valence-corrected chi connectivity index (χ3v) is 3.05. The number of halogens is 1. The lowest BCUT2D eigenvalue weighted by Crippen LogP contribution is -1.85. The van der Waals surface area contributed by atoms with Crippen LogP contribution in [0.1, 0.15) is 11.3 Å². The average Bonchev–Trinajstić information content (AvgIpc) is 3.10. The molecule has 0 N–H and O–H groups in total. The van der Waals surface area contributed by atoms with Crippen molar-refractivity contribution in [3.63, 3.8) is 0 Å². The summed E-state index contributed by atoms with van der Waals surface area (Å²) in [5, 5.41) is 12.1. The van der Waals surface area contributed by atoms with Gasteiger partial charge in [-0.3, -0.25) is 0 Å². The first-order chi connectivity index (χ1) is 9.72. The SMILES string of the molecule is Cc1ccc(Cl)cc1-c1ccc(/C=N\n2cnnc2)o1. The number of rotatable bonds is 3. The molecule has 0 saturated carbocycles. The molecule has 0 unspecified atom stereocenters. The Morgan fingerprint density at radius 2 is 2.00 bits per heavy atom. The zero-order chi connectivity index (χ0) is 13.9. The van der Waals surface area contributed by atoms with Crippen molar-refractivity contribution >= 4 is 17.8 Å². The van der Waals surface area contributed by atoms with Gasteiger partial charge in [-0.1, -0.05) is 17.7 Å². The van der Waals surface area contributed by atoms with Crippen molar-refractivity contribution in [1.82, 2.24) is 14.9 Å². The summed E-state index contributed by atoms with van der Waals surface area (Å²) in [5.74, 6) is 1.41. The predicted octanol–water partition coefficient (Wildman–Crippen LogP) is 3.38. The van der Waals surface area contributed by atoms with E-state index in [-0.39, 0.29) is 0 Å². The Bertz CT molecular complexity index is 746. The van der Waals surface area contributed by atoms with Crippen LogP contribution in [0, 0.1) is 6.92 Å². The Kier molecular flexibility index (Phi) is 3.35. The second-order valence-electron chi connectivity index (χ2n) is 4.25. The molecule has 2 heterocycles. The molecular weight excluding hydrogens is 276 g/mol. The summed E-state index contributed by atoms with van der Waals surface area (Å²) < 4.78 is 7.23. The number of nitrogens with zero attached hydrogens (tertiary/aromatic N) is 4. The molecular formula is C14H11ClN4O. The molecule has 0 saturated heterocycles. The van der Waals surface area contributed by atoms with Crippen LogP contribution in [0.15, 0.2) is 52.5 Å². The summed E-state index contributed by atoms with van der Waals surface area (Å²) in [6.07, 6.45) is 4.61. The van der Waals surface area contributed by atoms with E-state index < -0.39 is 0 Å². The van der Waals surface area contributed by atoms with Gasteiger partial charge in [0.15, 0.2) is 0 Å². The summed E-state index contributed by atoms with van der Waals surface area (Å²) in [6.45, 7) is 2.01. The topological polar surface area (TPSA) is 56.2 Å². The second kappa shape index (κ2) is 5.30. The van der Waals surface area contributed by atoms with Crippen LogP contribution in [-0.2, 0) is 0 Å². The lowest BCUT2D eigenvalue weighted by molar-refractivity contribution is 0.574. The first kappa shape index (κ1) is 12.6. The molecule has 2 aromatic heterocycles. The van der Waals surface area contributed by atoms with Gasteiger partial charge in [0.2, 0.25) is 0 Å². The van der Waals surface area contributed by atoms with Gasteiger partial charge in [-0.2, -0.15) is 5.10 Å². The average molecular weight is 287 g/mol. The van der Waals surface area contributed by atoms with Crippen molar-refractivity contribution in [3.05, 3.63) is 59.3 Å². The zero-order valence-corrected chi connectivity index (χ0v) is 11.4. The van der Waals surface area contributed by atoms with Gasteiger partial charge >= 0.3 is 0 Å². The fourth-order valence-corrected chi connectivity index (χ4v) is 1.98. The van der Waals surface area contributed by atoms with E-state index in [2.05, 4.69) is 15.3 Å². The maximum absolute atomic E-state index is 6.02. The third-order valence-electron chi connectivity index (χ3n) is 2.82. The number of hydrogen-bond donors (Lipinski definition) is 0. The zero-order valence-electron chi connectivity index (χ0n) is 10.7. The van der Waals surface area contributed by atoms with E-state index in [1.54, 1.807) is 6.21 Å². The van der Waals surface area contributed by atoms with E-state index in [1.165, 1.54) is 17.3 Å². The van der Waals surface area contributed by atoms with Crippen LogP contribution >= 0.6 is 11.6 Å². The highest BCUT2D eigenvalue weighted by molar-refractivity contribution is 6.30. The molecule has 6 heteroatoms. The second-order valence-corrected chi connectivity index (χ2v) is 4.68. The van der Waals surface area contributed by atoms with E-state index >= 15 is 0 Å². The molecule has 5 nitrogen and oxygen atoms in total. The highest BCUT2D eigenvalue weighted by atomic mass is 35.5. The van der Waals surface area contributed by atoms with Gasteiger partial charge in [0.25, 0.3) is 0 Å². The molecule has 1 aromatic carbocycles. The Morgan fingerprint density at radius 3 is 2.80 bits per heavy atom. The minimum absolute atomic E-state index is 0.646. The van der Waals surface area contributed by atoms with Crippen molar-refractivity contribution < 1.29 is 4.42 Å². The molecule has 3 rings (SSSR count). The van der Waals surface area contributed by atoms with Crippen molar-refractivity contribution in [2.75, 3.05) is 0 Å². The number of benzene rings is 1. The number of aryl methyl sites for hydroxylation is 1. The van der Waals surface area contributed by atoms with Gasteiger partial charge in [-0.25, -0.2) is 4.68 Å². The van der Waals surface area contributed by atoms with Gasteiger partial charge in [0, 0.05) is 10.6 Å². The van der Waals surface area contributed by atoms with Crippen LogP contribution < -0.4 is 0 Å². The molecule has 0 aliphatic heterocycles. The summed E-state index contributed by atoms with van der Waals surface area (Å²) in [4.78, 5) is 0. The number of aromatic nitrogens is 3. The molecule has 0 amide bonds. The van der Waals surface area contributed by atoms with E-state index in [4.69, 9.17) is 16.0 Å². The monoisotopic (exact) mass is 286 g/mol. The van der Waals surface area contributed by atoms with Crippen LogP contribution in [-0.4, -0.2) is 21.1 Å². The van der Waals surface area contributed by atoms with Crippen molar-refractivity contribution in [1.29, 1.82) is 0 Å². The van der Waals surface area contributed by atoms with Gasteiger partial charge in [-0.05, 0) is 36.8 Å². The first-order valence-corrected chi connectivity index (χ1v) is 6.35. The maximum Gasteiger partial charge on any atom is 0.147 e. The summed E-state index contributed by atoms with van der Waals surface area (Å²) >= 11 is 6.02. The Morgan fingerprint density at radius 1 is 1.20 bits per heavy atom. The predicted molar refractivity (Wildman–Crippen MR) is 76.9 cm³/mol. The lowest BCUT2D eigenvalue weighted by atomic mass is 10.1. The highest BCUT2D eigenvalue weighted by Gasteiger charge is 2.07. The van der Waals surface area contributed by atoms with Gasteiger partial charge < -0.3 is 4.42 Å². The molecule has 0 spiro atoms. The largest absolute Gasteiger partial charge is 0.455 e. The summed E-state index contributed by atoms with van der Waals surface area (Å²) in [6, 6.07) is 9.45. The minimum Gasteiger partial charge on any atom is -0.455 e. The van der Waals surface area contributed by atoms with E-state index in [9.17, 15) is 0 Å². The number of furan rings is 1. The molecule has 20 heavy (non-hydrogen) atoms. The molecule has 0 aliphatic carbocycles. The molecule has 3 aromatic rings. The minimum atomic E-state index is 0.646. The fourth-order valence-electron chi connectivity index (χ4n) is 1.81. The molecule has 0 bridgehead atoms. The molecule has 0 radical (unpaired) electrons. The van der Waals surface area contributed by atoms with Crippen LogP contribution in [0.3, 0.4) is 0 Å². The fraction of sp³-hybridized carbons (Fsp3) is 0.0714. The van der Waals surface area contributed by atoms with Crippen molar-refractivity contribution in [3.8, 4) is 11.3 Å². The van der Waals surface area contributed by atoms with Crippen LogP contribution in [0.4, 0.5) is 0 Å². The van der Waals surface area contributed by atoms with Gasteiger partial charge in [-0.15, -0.1) is 10.2 Å². The Balaban J connectivity index is 1.88. The van der Waals surface area contributed by atoms with Crippen molar-refractivity contribution in [2.45, 2.75) is 6.92 Å². The lowest BCUT2D eigenvalue weighted by Gasteiger charge is -2.02. The quantitative estimate of drug-likeness (QED) is 0.694. The Hall–Kier alpha value is -2.40. The van der Waals surface area contributed by atoms with Crippen LogP contribution in [0.5, 0.6) is 0 Å². The third kappa shape index (κ3) is 2.62. The summed E-state index contributed by atoms with van der Waals surface area (Å²) in [5.41, 5.74) is 2.08. The number of hydrogen-bond acceptors (Lipinski definition) is 4. The smallest absolute Gasteiger partial charge is 0.147 e. The van der Waals surface area contributed by atoms with Crippen LogP contribution in [0.2, 0.25) is 5.02 Å². The van der Waals surface area contributed by atoms with Gasteiger partial charge in [0.1, 0.15) is 24.2 Å². The van der Waals surface area contributed by atoms with E-state index in [0.29, 0.717) is 10.8 Å². The van der Waals surface area contributed by atoms with Crippen molar-refractivity contribution in [2.24, 2.45) is 5.10 Å². The van der Waals surface area contributed by atoms with E-state index in [1.807, 2.05) is 37.3 Å². The Labute approximate surface area is 120 Å². The molecule has 0 fully saturated rings. The normalized spacial score (nSPS) is 11.3. The maximum atomic E-state index is 6.02. The standard InChI is InChI=1S/C14H11ClN4O/c1-10-2-3-11(15)6-13(10)14-5-4-12(20-14)7-18-19-8-16-17-9-19/h2-9H,1H3/b18-7-. The summed E-state index contributed by atoms with van der Waals surface area (Å²) in [7, 11) is 0. The van der Waals surface area contributed by atoms with Crippen LogP contribution in [0.25, 0.3) is 11.3 Å².